The van der Waals surface area contributed by atoms with E-state index in [0.29, 0.717) is 5.56 Å². The Labute approximate surface area is 216 Å². The number of hydrogen-bond donors (Lipinski definition) is 5. The van der Waals surface area contributed by atoms with Gasteiger partial charge in [0.1, 0.15) is 42.9 Å². The van der Waals surface area contributed by atoms with Crippen molar-refractivity contribution in [1.82, 2.24) is 0 Å². The molecule has 0 spiro atoms. The minimum Gasteiger partial charge on any atom is -0.508 e. The summed E-state index contributed by atoms with van der Waals surface area (Å²) >= 11 is 0. The van der Waals surface area contributed by atoms with Crippen molar-refractivity contribution in [2.24, 2.45) is 11.8 Å². The molecule has 3 aliphatic heterocycles. The van der Waals surface area contributed by atoms with Crippen molar-refractivity contribution in [2.75, 3.05) is 6.61 Å². The quantitative estimate of drug-likeness (QED) is 0.224. The molecule has 3 heterocycles. The molecule has 0 bridgehead atoms. The monoisotopic (exact) mass is 536 g/mol. The summed E-state index contributed by atoms with van der Waals surface area (Å²) in [4.78, 5) is 35.7. The van der Waals surface area contributed by atoms with E-state index >= 15 is 0 Å². The largest absolute Gasteiger partial charge is 0.508 e. The van der Waals surface area contributed by atoms with Gasteiger partial charge in [-0.15, -0.1) is 0 Å². The molecule has 38 heavy (non-hydrogen) atoms. The highest BCUT2D eigenvalue weighted by molar-refractivity contribution is 5.88. The highest BCUT2D eigenvalue weighted by Crippen LogP contribution is 2.41. The standard InChI is InChI=1S/C25H28O13/c1-11-19-14(8-18(28)36-11)15(23(32)33)9-35-24(19)38-25-22(31)21(30)20(29)16(37-25)10-34-17(27)7-4-12-2-5-13(26)6-3-12/h2-7,9,11,14,16,19-22,24-26,29-31H,8,10H2,1H3,(H,32,33)/b7-4+/t11-,14-,16-,19-,20-,21+,22-,24+,25+/m1/s1. The SMILES string of the molecule is C[C@H]1OC(=O)C[C@@H]2C(C(=O)O)=CO[C@@H](O[C@@H]3O[C@H](COC(=O)/C=C/c4ccc(O)cc4)[C@@H](O)[C@H](O)[C@H]3O)[C@@H]21. The lowest BCUT2D eigenvalue weighted by Gasteiger charge is -2.45. The second-order valence-corrected chi connectivity index (χ2v) is 9.17. The molecular weight excluding hydrogens is 508 g/mol. The van der Waals surface area contributed by atoms with Crippen LogP contribution in [0.3, 0.4) is 0 Å². The first-order chi connectivity index (χ1) is 18.0. The molecule has 13 nitrogen and oxygen atoms in total. The lowest BCUT2D eigenvalue weighted by molar-refractivity contribution is -0.346. The Bertz CT molecular complexity index is 1100. The van der Waals surface area contributed by atoms with E-state index in [0.717, 1.165) is 12.3 Å². The molecular formula is C25H28O13. The van der Waals surface area contributed by atoms with Crippen molar-refractivity contribution < 1.29 is 63.6 Å². The predicted molar refractivity (Wildman–Crippen MR) is 124 cm³/mol. The van der Waals surface area contributed by atoms with E-state index in [1.165, 1.54) is 18.2 Å². The minimum absolute atomic E-state index is 0.0668. The second-order valence-electron chi connectivity index (χ2n) is 9.17. The van der Waals surface area contributed by atoms with Crippen LogP contribution in [0.25, 0.3) is 6.08 Å². The normalized spacial score (nSPS) is 35.0. The van der Waals surface area contributed by atoms with Gasteiger partial charge >= 0.3 is 17.9 Å². The zero-order valence-electron chi connectivity index (χ0n) is 20.2. The van der Waals surface area contributed by atoms with Gasteiger partial charge < -0.3 is 49.2 Å². The summed E-state index contributed by atoms with van der Waals surface area (Å²) < 4.78 is 27.1. The Hall–Kier alpha value is -3.49. The molecule has 0 amide bonds. The molecule has 13 heteroatoms. The van der Waals surface area contributed by atoms with Crippen molar-refractivity contribution >= 4 is 24.0 Å². The Morgan fingerprint density at radius 3 is 2.47 bits per heavy atom. The van der Waals surface area contributed by atoms with Crippen molar-refractivity contribution in [2.45, 2.75) is 56.4 Å². The Balaban J connectivity index is 1.41. The van der Waals surface area contributed by atoms with Gasteiger partial charge in [-0.3, -0.25) is 4.79 Å². The molecule has 0 aliphatic carbocycles. The molecule has 0 aromatic heterocycles. The number of phenolic OH excluding ortho intramolecular Hbond substituents is 1. The fraction of sp³-hybridized carbons (Fsp3) is 0.480. The Kier molecular flexibility index (Phi) is 8.33. The first kappa shape index (κ1) is 27.5. The zero-order valence-corrected chi connectivity index (χ0v) is 20.2. The third-order valence-corrected chi connectivity index (χ3v) is 6.63. The molecule has 0 radical (unpaired) electrons. The van der Waals surface area contributed by atoms with Crippen molar-refractivity contribution in [3.8, 4) is 5.75 Å². The molecule has 206 valence electrons. The number of phenols is 1. The van der Waals surface area contributed by atoms with Gasteiger partial charge in [-0.1, -0.05) is 12.1 Å². The molecule has 2 saturated heterocycles. The van der Waals surface area contributed by atoms with E-state index in [2.05, 4.69) is 0 Å². The van der Waals surface area contributed by atoms with Gasteiger partial charge in [0, 0.05) is 12.0 Å². The number of esters is 2. The summed E-state index contributed by atoms with van der Waals surface area (Å²) in [5, 5.41) is 50.0. The van der Waals surface area contributed by atoms with E-state index in [1.54, 1.807) is 19.1 Å². The molecule has 0 saturated carbocycles. The summed E-state index contributed by atoms with van der Waals surface area (Å²) in [6, 6.07) is 6.04. The number of aromatic hydroxyl groups is 1. The van der Waals surface area contributed by atoms with Gasteiger partial charge in [0.2, 0.25) is 6.29 Å². The van der Waals surface area contributed by atoms with Crippen LogP contribution in [0.5, 0.6) is 5.75 Å². The van der Waals surface area contributed by atoms with Crippen LogP contribution in [-0.2, 0) is 38.1 Å². The summed E-state index contributed by atoms with van der Waals surface area (Å²) in [7, 11) is 0. The van der Waals surface area contributed by atoms with Crippen LogP contribution in [0.15, 0.2) is 42.2 Å². The van der Waals surface area contributed by atoms with E-state index in [4.69, 9.17) is 23.7 Å². The number of aliphatic hydroxyl groups is 3. The van der Waals surface area contributed by atoms with E-state index < -0.39 is 79.5 Å². The van der Waals surface area contributed by atoms with Gasteiger partial charge in [-0.2, -0.15) is 0 Å². The Morgan fingerprint density at radius 2 is 1.79 bits per heavy atom. The molecule has 9 atom stereocenters. The third-order valence-electron chi connectivity index (χ3n) is 6.63. The third kappa shape index (κ3) is 5.97. The summed E-state index contributed by atoms with van der Waals surface area (Å²) in [6.07, 6.45) is -6.71. The lowest BCUT2D eigenvalue weighted by atomic mass is 9.77. The fourth-order valence-electron chi connectivity index (χ4n) is 4.62. The van der Waals surface area contributed by atoms with Crippen LogP contribution in [0.4, 0.5) is 0 Å². The molecule has 2 fully saturated rings. The van der Waals surface area contributed by atoms with Gasteiger partial charge in [-0.05, 0) is 30.7 Å². The fourth-order valence-corrected chi connectivity index (χ4v) is 4.62. The predicted octanol–water partition coefficient (Wildman–Crippen LogP) is -0.335. The summed E-state index contributed by atoms with van der Waals surface area (Å²) in [6.45, 7) is 1.04. The number of benzene rings is 1. The van der Waals surface area contributed by atoms with Gasteiger partial charge in [-0.25, -0.2) is 9.59 Å². The average Bonchev–Trinajstić information content (AvgIpc) is 2.87. The number of carboxylic acid groups (broad SMARTS) is 1. The number of hydrogen-bond acceptors (Lipinski definition) is 12. The maximum Gasteiger partial charge on any atom is 0.335 e. The van der Waals surface area contributed by atoms with E-state index in [9.17, 15) is 39.9 Å². The van der Waals surface area contributed by atoms with E-state index in [-0.39, 0.29) is 17.7 Å². The number of aliphatic carboxylic acids is 1. The van der Waals surface area contributed by atoms with Crippen LogP contribution in [0.2, 0.25) is 0 Å². The lowest BCUT2D eigenvalue weighted by Crippen LogP contribution is -2.61. The molecule has 1 aromatic carbocycles. The minimum atomic E-state index is -1.74. The number of fused-ring (bicyclic) bond motifs is 1. The summed E-state index contributed by atoms with van der Waals surface area (Å²) in [5.74, 6) is -4.14. The Morgan fingerprint density at radius 1 is 1.08 bits per heavy atom. The first-order valence-corrected chi connectivity index (χ1v) is 11.8. The molecule has 5 N–H and O–H groups in total. The van der Waals surface area contributed by atoms with Crippen LogP contribution in [0, 0.1) is 11.8 Å². The van der Waals surface area contributed by atoms with Crippen LogP contribution in [-0.4, -0.2) is 93.1 Å². The van der Waals surface area contributed by atoms with Crippen LogP contribution >= 0.6 is 0 Å². The topological polar surface area (TPSA) is 199 Å². The molecule has 0 unspecified atom stereocenters. The molecule has 3 aliphatic rings. The molecule has 1 aromatic rings. The number of carbonyl (C=O) groups is 3. The smallest absolute Gasteiger partial charge is 0.335 e. The number of aliphatic hydroxyl groups excluding tert-OH is 3. The number of carboxylic acids is 1. The summed E-state index contributed by atoms with van der Waals surface area (Å²) in [5.41, 5.74) is 0.485. The van der Waals surface area contributed by atoms with E-state index in [1.807, 2.05) is 0 Å². The van der Waals surface area contributed by atoms with Crippen LogP contribution < -0.4 is 0 Å². The van der Waals surface area contributed by atoms with Crippen LogP contribution in [0.1, 0.15) is 18.9 Å². The first-order valence-electron chi connectivity index (χ1n) is 11.8. The molecule has 4 rings (SSSR count). The zero-order chi connectivity index (χ0) is 27.6. The van der Waals surface area contributed by atoms with Crippen molar-refractivity contribution in [3.63, 3.8) is 0 Å². The van der Waals surface area contributed by atoms with Gasteiger partial charge in [0.25, 0.3) is 0 Å². The number of cyclic esters (lactones) is 1. The number of rotatable bonds is 7. The second kappa shape index (κ2) is 11.5. The number of ether oxygens (including phenoxy) is 5. The van der Waals surface area contributed by atoms with Gasteiger partial charge in [0.05, 0.1) is 24.2 Å². The highest BCUT2D eigenvalue weighted by atomic mass is 16.8. The van der Waals surface area contributed by atoms with Crippen molar-refractivity contribution in [1.29, 1.82) is 0 Å². The van der Waals surface area contributed by atoms with Gasteiger partial charge in [0.15, 0.2) is 6.29 Å². The maximum absolute atomic E-state index is 12.1. The average molecular weight is 536 g/mol. The highest BCUT2D eigenvalue weighted by Gasteiger charge is 2.52. The maximum atomic E-state index is 12.1. The number of carbonyl (C=O) groups excluding carboxylic acids is 2. The van der Waals surface area contributed by atoms with Crippen molar-refractivity contribution in [3.05, 3.63) is 47.7 Å².